The van der Waals surface area contributed by atoms with Crippen molar-refractivity contribution in [1.29, 1.82) is 0 Å². The molecule has 0 bridgehead atoms. The van der Waals surface area contributed by atoms with Crippen LogP contribution in [0.4, 0.5) is 0 Å². The Morgan fingerprint density at radius 1 is 0.771 bits per heavy atom. The lowest BCUT2D eigenvalue weighted by atomic mass is 9.97. The summed E-state index contributed by atoms with van der Waals surface area (Å²) in [7, 11) is 1.61. The predicted molar refractivity (Wildman–Crippen MR) is 144 cm³/mol. The van der Waals surface area contributed by atoms with E-state index in [1.54, 1.807) is 25.5 Å². The van der Waals surface area contributed by atoms with Crippen molar-refractivity contribution in [3.8, 4) is 11.5 Å². The van der Waals surface area contributed by atoms with Gasteiger partial charge in [0.25, 0.3) is 0 Å². The van der Waals surface area contributed by atoms with Gasteiger partial charge in [0.05, 0.1) is 6.26 Å². The Kier molecular flexibility index (Phi) is 9.33. The zero-order valence-corrected chi connectivity index (χ0v) is 20.8. The topological polar surface area (TPSA) is 47.9 Å². The van der Waals surface area contributed by atoms with Crippen LogP contribution in [0.3, 0.4) is 0 Å². The summed E-state index contributed by atoms with van der Waals surface area (Å²) >= 11 is 0. The highest BCUT2D eigenvalue weighted by Gasteiger charge is 2.20. The van der Waals surface area contributed by atoms with E-state index in [1.807, 2.05) is 73.7 Å². The summed E-state index contributed by atoms with van der Waals surface area (Å²) in [6.45, 7) is 6.05. The number of rotatable bonds is 11. The van der Waals surface area contributed by atoms with E-state index in [2.05, 4.69) is 38.1 Å². The Hall–Kier alpha value is -3.76. The van der Waals surface area contributed by atoms with E-state index in [-0.39, 0.29) is 17.6 Å². The van der Waals surface area contributed by atoms with Gasteiger partial charge in [0.15, 0.2) is 6.29 Å². The maximum atomic E-state index is 9.34. The van der Waals surface area contributed by atoms with Gasteiger partial charge in [-0.15, -0.1) is 0 Å². The molecule has 0 amide bonds. The van der Waals surface area contributed by atoms with Crippen LogP contribution in [0, 0.1) is 0 Å². The van der Waals surface area contributed by atoms with Crippen LogP contribution in [0.25, 0.3) is 18.2 Å². The van der Waals surface area contributed by atoms with Gasteiger partial charge in [-0.2, -0.15) is 0 Å². The number of phenolic OH excluding ortho intramolecular Hbond substituents is 1. The van der Waals surface area contributed by atoms with Crippen LogP contribution >= 0.6 is 0 Å². The molecular weight excluding hydrogens is 436 g/mol. The van der Waals surface area contributed by atoms with Gasteiger partial charge in [0, 0.05) is 13.5 Å². The Balaban J connectivity index is 1.51. The molecule has 1 unspecified atom stereocenters. The number of phenols is 1. The van der Waals surface area contributed by atoms with E-state index in [0.717, 1.165) is 28.9 Å². The molecule has 4 heteroatoms. The van der Waals surface area contributed by atoms with Gasteiger partial charge >= 0.3 is 0 Å². The molecule has 0 aliphatic rings. The van der Waals surface area contributed by atoms with Crippen molar-refractivity contribution in [2.45, 2.75) is 39.1 Å². The summed E-state index contributed by atoms with van der Waals surface area (Å²) in [6, 6.07) is 23.6. The Labute approximate surface area is 208 Å². The van der Waals surface area contributed by atoms with Crippen molar-refractivity contribution in [1.82, 2.24) is 0 Å². The van der Waals surface area contributed by atoms with E-state index in [9.17, 15) is 5.11 Å². The first-order valence-electron chi connectivity index (χ1n) is 11.7. The summed E-state index contributed by atoms with van der Waals surface area (Å²) in [5.41, 5.74) is 4.06. The number of hydrogen-bond acceptors (Lipinski definition) is 4. The number of aromatic hydroxyl groups is 1. The third-order valence-electron chi connectivity index (χ3n) is 5.33. The van der Waals surface area contributed by atoms with Gasteiger partial charge in [0.1, 0.15) is 17.1 Å². The quantitative estimate of drug-likeness (QED) is 0.179. The van der Waals surface area contributed by atoms with E-state index in [4.69, 9.17) is 14.2 Å². The molecule has 0 fully saturated rings. The summed E-state index contributed by atoms with van der Waals surface area (Å²) in [5.74, 6) is 1.11. The van der Waals surface area contributed by atoms with Gasteiger partial charge < -0.3 is 19.3 Å². The van der Waals surface area contributed by atoms with Crippen LogP contribution in [-0.4, -0.2) is 24.1 Å². The van der Waals surface area contributed by atoms with Gasteiger partial charge in [-0.3, -0.25) is 0 Å². The lowest BCUT2D eigenvalue weighted by Crippen LogP contribution is -2.30. The zero-order valence-electron chi connectivity index (χ0n) is 20.8. The molecule has 1 N–H and O–H groups in total. The van der Waals surface area contributed by atoms with Crippen molar-refractivity contribution in [3.63, 3.8) is 0 Å². The van der Waals surface area contributed by atoms with E-state index in [0.29, 0.717) is 0 Å². The normalized spacial score (nSPS) is 13.0. The average Bonchev–Trinajstić information content (AvgIpc) is 2.84. The maximum Gasteiger partial charge on any atom is 0.195 e. The molecule has 3 aromatic carbocycles. The second-order valence-electron chi connectivity index (χ2n) is 8.90. The van der Waals surface area contributed by atoms with Gasteiger partial charge in [-0.1, -0.05) is 72.8 Å². The highest BCUT2D eigenvalue weighted by molar-refractivity contribution is 5.58. The van der Waals surface area contributed by atoms with Crippen LogP contribution in [0.2, 0.25) is 0 Å². The van der Waals surface area contributed by atoms with Crippen LogP contribution in [0.1, 0.15) is 43.0 Å². The first-order chi connectivity index (χ1) is 16.8. The van der Waals surface area contributed by atoms with E-state index < -0.39 is 0 Å². The number of hydrogen-bond donors (Lipinski definition) is 1. The van der Waals surface area contributed by atoms with E-state index in [1.165, 1.54) is 5.56 Å². The smallest absolute Gasteiger partial charge is 0.195 e. The van der Waals surface area contributed by atoms with Crippen molar-refractivity contribution in [3.05, 3.63) is 113 Å². The van der Waals surface area contributed by atoms with Crippen molar-refractivity contribution in [2.24, 2.45) is 0 Å². The van der Waals surface area contributed by atoms with Gasteiger partial charge in [-0.25, -0.2) is 0 Å². The minimum Gasteiger partial charge on any atom is -0.508 e. The van der Waals surface area contributed by atoms with Gasteiger partial charge in [-0.05, 0) is 73.4 Å². The largest absolute Gasteiger partial charge is 0.508 e. The minimum absolute atomic E-state index is 0.262. The molecule has 1 atom stereocenters. The first-order valence-corrected chi connectivity index (χ1v) is 11.7. The van der Waals surface area contributed by atoms with E-state index >= 15 is 0 Å². The average molecular weight is 471 g/mol. The second kappa shape index (κ2) is 12.6. The van der Waals surface area contributed by atoms with Crippen LogP contribution < -0.4 is 4.74 Å². The molecular formula is C31H34O4. The zero-order chi connectivity index (χ0) is 25.1. The number of ether oxygens (including phenoxy) is 3. The third-order valence-corrected chi connectivity index (χ3v) is 5.33. The molecule has 0 spiro atoms. The molecule has 0 aromatic heterocycles. The molecule has 0 aliphatic carbocycles. The summed E-state index contributed by atoms with van der Waals surface area (Å²) < 4.78 is 16.7. The van der Waals surface area contributed by atoms with Crippen LogP contribution in [0.15, 0.2) is 91.2 Å². The molecule has 0 saturated heterocycles. The highest BCUT2D eigenvalue weighted by atomic mass is 16.7. The third kappa shape index (κ3) is 9.19. The molecule has 3 rings (SSSR count). The lowest BCUT2D eigenvalue weighted by Gasteiger charge is -2.27. The fourth-order valence-electron chi connectivity index (χ4n) is 3.44. The number of benzene rings is 3. The summed E-state index contributed by atoms with van der Waals surface area (Å²) in [6.07, 6.45) is 12.1. The van der Waals surface area contributed by atoms with Gasteiger partial charge in [0.2, 0.25) is 0 Å². The second-order valence-corrected chi connectivity index (χ2v) is 8.90. The van der Waals surface area contributed by atoms with Crippen molar-refractivity contribution >= 4 is 18.2 Å². The van der Waals surface area contributed by atoms with Crippen molar-refractivity contribution < 1.29 is 19.3 Å². The molecule has 182 valence electrons. The molecule has 4 nitrogen and oxygen atoms in total. The summed E-state index contributed by atoms with van der Waals surface area (Å²) in [4.78, 5) is 0. The maximum absolute atomic E-state index is 9.34. The Morgan fingerprint density at radius 3 is 1.86 bits per heavy atom. The van der Waals surface area contributed by atoms with Crippen LogP contribution in [0.5, 0.6) is 11.5 Å². The molecule has 0 heterocycles. The minimum atomic E-state index is -0.349. The van der Waals surface area contributed by atoms with Crippen LogP contribution in [-0.2, 0) is 15.9 Å². The molecule has 0 aliphatic heterocycles. The Morgan fingerprint density at radius 2 is 1.29 bits per heavy atom. The SMILES string of the molecule is COC(C)OC=Cc1ccc(CC(C)(C)Oc2ccc(C=CC=Cc3ccc(O)cc3)cc2)cc1. The van der Waals surface area contributed by atoms with Crippen molar-refractivity contribution in [2.75, 3.05) is 7.11 Å². The molecule has 0 saturated carbocycles. The lowest BCUT2D eigenvalue weighted by molar-refractivity contribution is -0.0670. The fraction of sp³-hybridized carbons (Fsp3) is 0.226. The standard InChI is InChI=1S/C31H34O4/c1-24(33-4)34-22-21-27-9-11-28(12-10-27)23-31(2,3)35-30-19-15-26(16-20-30)8-6-5-7-25-13-17-29(32)18-14-25/h5-22,24,32H,23H2,1-4H3. The molecule has 0 radical (unpaired) electrons. The fourth-order valence-corrected chi connectivity index (χ4v) is 3.44. The Bertz CT molecular complexity index is 1120. The molecule has 3 aromatic rings. The summed E-state index contributed by atoms with van der Waals surface area (Å²) in [5, 5.41) is 9.34. The highest BCUT2D eigenvalue weighted by Crippen LogP contribution is 2.23. The number of allylic oxidation sites excluding steroid dienone is 2. The predicted octanol–water partition coefficient (Wildman–Crippen LogP) is 7.50. The monoisotopic (exact) mass is 470 g/mol. The number of methoxy groups -OCH3 is 1. The molecule has 35 heavy (non-hydrogen) atoms. The first kappa shape index (κ1) is 25.9.